The fourth-order valence-corrected chi connectivity index (χ4v) is 11.9. The number of benzene rings is 5. The molecule has 0 unspecified atom stereocenters. The number of H-pyrrole nitrogens is 1. The van der Waals surface area contributed by atoms with Crippen LogP contribution in [-0.2, 0) is 89.6 Å². The van der Waals surface area contributed by atoms with Gasteiger partial charge in [-0.15, -0.1) is 0 Å². The normalized spacial score (nSPS) is 15.0. The lowest BCUT2D eigenvalue weighted by Gasteiger charge is -2.28. The molecule has 25 N–H and O–H groups in total. The minimum Gasteiger partial charge on any atom is -0.508 e. The van der Waals surface area contributed by atoms with Crippen molar-refractivity contribution in [3.8, 4) is 23.0 Å². The molecule has 34 heteroatoms. The highest BCUT2D eigenvalue weighted by Crippen LogP contribution is 2.22. The largest absolute Gasteiger partial charge is 0.508 e. The standard InChI is InChI=1S/C73H92N16O18/c74-30-4-3-9-52(64(98)85-58(36-43-18-26-48(93)27-19-43)70(104)89-60(72(106)107)38-62(95)96)81-67(101)55(33-40-12-20-45(90)21-13-40)86-66(100)54(28-29-61(75)94)83-71(105)59(37-44-39-80-50-8-2-1-7-49(44)50)88-65(99)53(11-6-32-79-73(76)77)82-68(102)56(34-41-14-22-46(91)23-15-41)87-69(103)57(35-42-16-24-47(92)25-17-42)84-63(97)51-10-5-31-78-51/h1-2,7-8,12-27,39,51-60,78,80,90-93H,3-6,9-11,28-38,74H2,(H2,75,94)(H,81,101)(H,82,102)(H,83,105)(H,84,97)(H,85,98)(H,86,100)(H,87,103)(H,88,99)(H,89,104)(H,95,96)(H,106,107)(H4,76,77,79)/t51-,52-,53-,54-,55-,56-,57-,58-,59-,60-/m0/s1. The van der Waals surface area contributed by atoms with Crippen molar-refractivity contribution in [3.63, 3.8) is 0 Å². The van der Waals surface area contributed by atoms with Gasteiger partial charge in [-0.1, -0.05) is 66.7 Å². The number of guanidine groups is 1. The maximum Gasteiger partial charge on any atom is 0.326 e. The number of carbonyl (C=O) groups is 12. The summed E-state index contributed by atoms with van der Waals surface area (Å²) in [7, 11) is 0. The first-order chi connectivity index (χ1) is 51.1. The maximum absolute atomic E-state index is 15.3. The molecule has 107 heavy (non-hydrogen) atoms. The van der Waals surface area contributed by atoms with E-state index in [2.05, 4.69) is 63.5 Å². The van der Waals surface area contributed by atoms with Gasteiger partial charge in [-0.2, -0.15) is 0 Å². The Balaban J connectivity index is 1.20. The summed E-state index contributed by atoms with van der Waals surface area (Å²) in [4.78, 5) is 172. The van der Waals surface area contributed by atoms with Crippen molar-refractivity contribution in [2.75, 3.05) is 19.6 Å². The zero-order chi connectivity index (χ0) is 77.7. The summed E-state index contributed by atoms with van der Waals surface area (Å²) >= 11 is 0. The first-order valence-electron chi connectivity index (χ1n) is 34.8. The fraction of sp³-hybridized carbons (Fsp3) is 0.384. The summed E-state index contributed by atoms with van der Waals surface area (Å²) in [6, 6.07) is 14.2. The van der Waals surface area contributed by atoms with Crippen LogP contribution in [0.2, 0.25) is 0 Å². The number of nitrogens with two attached hydrogens (primary N) is 3. The number of phenolic OH excluding ortho intramolecular Hbond substituents is 4. The average molecular weight is 1480 g/mol. The number of carboxylic acid groups (broad SMARTS) is 2. The van der Waals surface area contributed by atoms with Crippen molar-refractivity contribution in [3.05, 3.63) is 155 Å². The summed E-state index contributed by atoms with van der Waals surface area (Å²) in [5.74, 6) is -13.7. The van der Waals surface area contributed by atoms with Gasteiger partial charge in [-0.25, -0.2) is 4.79 Å². The Morgan fingerprint density at radius 3 is 1.21 bits per heavy atom. The van der Waals surface area contributed by atoms with E-state index < -0.39 is 157 Å². The monoisotopic (exact) mass is 1480 g/mol. The van der Waals surface area contributed by atoms with Gasteiger partial charge in [0, 0.05) is 62.2 Å². The summed E-state index contributed by atoms with van der Waals surface area (Å²) in [6.07, 6.45) is -0.557. The van der Waals surface area contributed by atoms with Gasteiger partial charge in [-0.3, -0.25) is 58.1 Å². The zero-order valence-electron chi connectivity index (χ0n) is 58.4. The molecule has 1 aliphatic rings. The number of carbonyl (C=O) groups excluding carboxylic acids is 10. The molecular weight excluding hydrogens is 1390 g/mol. The van der Waals surface area contributed by atoms with Crippen molar-refractivity contribution < 1.29 is 88.2 Å². The molecule has 6 aromatic rings. The van der Waals surface area contributed by atoms with Crippen LogP contribution in [0.15, 0.2) is 128 Å². The molecule has 0 aliphatic carbocycles. The predicted octanol–water partition coefficient (Wildman–Crippen LogP) is -1.16. The minimum atomic E-state index is -1.95. The molecule has 0 bridgehead atoms. The van der Waals surface area contributed by atoms with E-state index in [1.54, 1.807) is 42.6 Å². The van der Waals surface area contributed by atoms with Gasteiger partial charge < -0.3 is 111 Å². The molecule has 0 saturated carbocycles. The first-order valence-corrected chi connectivity index (χ1v) is 34.8. The van der Waals surface area contributed by atoms with E-state index in [4.69, 9.17) is 22.6 Å². The topological polar surface area (TPSA) is 576 Å². The number of aromatic nitrogens is 1. The Labute approximate surface area is 614 Å². The number of hydrogen-bond acceptors (Lipinski definition) is 19. The third-order valence-corrected chi connectivity index (χ3v) is 17.6. The van der Waals surface area contributed by atoms with Crippen LogP contribution in [0.5, 0.6) is 23.0 Å². The highest BCUT2D eigenvalue weighted by Gasteiger charge is 2.38. The summed E-state index contributed by atoms with van der Waals surface area (Å²) in [6.45, 7) is 0.691. The number of phenols is 4. The Morgan fingerprint density at radius 1 is 0.458 bits per heavy atom. The first kappa shape index (κ1) is 82.0. The number of unbranched alkanes of at least 4 members (excludes halogenated alkanes) is 1. The van der Waals surface area contributed by atoms with Crippen LogP contribution in [-0.4, -0.2) is 193 Å². The van der Waals surface area contributed by atoms with Crippen molar-refractivity contribution in [2.24, 2.45) is 17.2 Å². The maximum atomic E-state index is 15.3. The van der Waals surface area contributed by atoms with Crippen LogP contribution in [0.4, 0.5) is 0 Å². The highest BCUT2D eigenvalue weighted by atomic mass is 16.4. The number of carboxylic acids is 2. The molecule has 0 spiro atoms. The summed E-state index contributed by atoms with van der Waals surface area (Å²) in [5.41, 5.74) is 19.8. The van der Waals surface area contributed by atoms with Gasteiger partial charge in [0.2, 0.25) is 59.1 Å². The average Bonchev–Trinajstić information content (AvgIpc) is 1.70. The van der Waals surface area contributed by atoms with Crippen LogP contribution < -0.4 is 75.7 Å². The van der Waals surface area contributed by atoms with Crippen LogP contribution in [0.25, 0.3) is 10.9 Å². The van der Waals surface area contributed by atoms with E-state index in [-0.39, 0.29) is 93.9 Å². The Bertz CT molecular complexity index is 4080. The smallest absolute Gasteiger partial charge is 0.326 e. The molecular formula is C73H92N16O18. The van der Waals surface area contributed by atoms with Gasteiger partial charge in [-0.05, 0) is 147 Å². The van der Waals surface area contributed by atoms with Crippen molar-refractivity contribution >= 4 is 87.9 Å². The number of primary amides is 1. The van der Waals surface area contributed by atoms with E-state index in [0.29, 0.717) is 64.5 Å². The van der Waals surface area contributed by atoms with E-state index in [0.717, 1.165) is 0 Å². The van der Waals surface area contributed by atoms with E-state index in [9.17, 15) is 69.0 Å². The number of aliphatic carboxylic acids is 2. The van der Waals surface area contributed by atoms with Crippen molar-refractivity contribution in [2.45, 2.75) is 157 Å². The summed E-state index contributed by atoms with van der Waals surface area (Å²) < 4.78 is 0. The van der Waals surface area contributed by atoms with E-state index >= 15 is 19.2 Å². The fourth-order valence-electron chi connectivity index (χ4n) is 11.9. The third kappa shape index (κ3) is 26.7. The second-order valence-corrected chi connectivity index (χ2v) is 26.0. The van der Waals surface area contributed by atoms with Crippen LogP contribution in [0, 0.1) is 5.41 Å². The molecule has 1 aromatic heterocycles. The van der Waals surface area contributed by atoms with Crippen molar-refractivity contribution in [1.82, 2.24) is 63.5 Å². The van der Waals surface area contributed by atoms with Gasteiger partial charge in [0.15, 0.2) is 5.96 Å². The molecule has 1 fully saturated rings. The Morgan fingerprint density at radius 2 is 0.832 bits per heavy atom. The van der Waals surface area contributed by atoms with Crippen LogP contribution in [0.3, 0.4) is 0 Å². The number of hydrogen-bond donors (Lipinski definition) is 22. The molecule has 5 aromatic carbocycles. The quantitative estimate of drug-likeness (QED) is 0.0122. The molecule has 10 amide bonds. The molecule has 0 radical (unpaired) electrons. The third-order valence-electron chi connectivity index (χ3n) is 17.6. The SMILES string of the molecule is N=C(N)NCCC[C@H](NC(=O)[C@H](Cc1ccc(O)cc1)NC(=O)[C@H](Cc1ccc(O)cc1)NC(=O)[C@@H]1CCCN1)C(=O)N[C@@H](Cc1c[nH]c2ccccc12)C(=O)N[C@@H](CCC(N)=O)C(=O)N[C@@H](Cc1ccc(O)cc1)C(=O)N[C@@H](CCCCN)C(=O)N[C@@H](Cc1ccc(O)cc1)C(=O)N[C@@H](CC(=O)O)C(=O)O. The van der Waals surface area contributed by atoms with Crippen LogP contribution >= 0.6 is 0 Å². The van der Waals surface area contributed by atoms with Gasteiger partial charge >= 0.3 is 11.9 Å². The molecule has 1 saturated heterocycles. The van der Waals surface area contributed by atoms with E-state index in [1.165, 1.54) is 84.9 Å². The number of fused-ring (bicyclic) bond motifs is 1. The summed E-state index contributed by atoms with van der Waals surface area (Å²) in [5, 5.41) is 97.3. The van der Waals surface area contributed by atoms with Crippen molar-refractivity contribution in [1.29, 1.82) is 5.41 Å². The Kier molecular flexibility index (Phi) is 31.1. The highest BCUT2D eigenvalue weighted by molar-refractivity contribution is 6.00. The Hall–Kier alpha value is -12.3. The lowest BCUT2D eigenvalue weighted by molar-refractivity contribution is -0.147. The molecule has 1 aliphatic heterocycles. The number of rotatable bonds is 42. The minimum absolute atomic E-state index is 0.00364. The van der Waals surface area contributed by atoms with Gasteiger partial charge in [0.1, 0.15) is 77.4 Å². The lowest BCUT2D eigenvalue weighted by atomic mass is 10.00. The van der Waals surface area contributed by atoms with E-state index in [1.807, 2.05) is 0 Å². The number of para-hydroxylation sites is 1. The molecule has 10 atom stereocenters. The van der Waals surface area contributed by atoms with Gasteiger partial charge in [0.05, 0.1) is 12.5 Å². The second-order valence-electron chi connectivity index (χ2n) is 26.0. The number of aromatic hydroxyl groups is 4. The van der Waals surface area contributed by atoms with Gasteiger partial charge in [0.25, 0.3) is 0 Å². The van der Waals surface area contributed by atoms with Crippen LogP contribution in [0.1, 0.15) is 92.0 Å². The molecule has 572 valence electrons. The number of nitrogens with one attached hydrogen (secondary N) is 13. The molecule has 34 nitrogen and oxygen atoms in total. The number of aromatic amines is 1. The predicted molar refractivity (Wildman–Crippen MR) is 388 cm³/mol. The molecule has 7 rings (SSSR count). The second kappa shape index (κ2) is 40.7. The molecule has 2 heterocycles. The lowest BCUT2D eigenvalue weighted by Crippen LogP contribution is -2.61. The number of amides is 10. The zero-order valence-corrected chi connectivity index (χ0v) is 58.4.